The number of halogens is 1. The summed E-state index contributed by atoms with van der Waals surface area (Å²) in [6.45, 7) is 0. The molecule has 4 nitrogen and oxygen atoms in total. The highest BCUT2D eigenvalue weighted by atomic mass is 35.5. The van der Waals surface area contributed by atoms with Crippen molar-refractivity contribution < 1.29 is 4.74 Å². The van der Waals surface area contributed by atoms with Crippen molar-refractivity contribution in [2.24, 2.45) is 0 Å². The molecule has 0 bridgehead atoms. The van der Waals surface area contributed by atoms with E-state index in [9.17, 15) is 0 Å². The van der Waals surface area contributed by atoms with Crippen LogP contribution in [0.4, 0.5) is 0 Å². The van der Waals surface area contributed by atoms with Crippen LogP contribution in [0.25, 0.3) is 0 Å². The standard InChI is InChI=1S/C12H8ClN3OS/c13-9-2-1-3-10(8(9)6-14)17-12-15-11(16-18-12)7-4-5-7/h1-3,7H,4-5H2. The predicted molar refractivity (Wildman–Crippen MR) is 68.1 cm³/mol. The molecule has 1 aliphatic rings. The second kappa shape index (κ2) is 4.56. The van der Waals surface area contributed by atoms with Crippen LogP contribution in [0, 0.1) is 11.3 Å². The smallest absolute Gasteiger partial charge is 0.298 e. The maximum Gasteiger partial charge on any atom is 0.298 e. The molecule has 1 aliphatic carbocycles. The van der Waals surface area contributed by atoms with Gasteiger partial charge >= 0.3 is 0 Å². The van der Waals surface area contributed by atoms with Crippen molar-refractivity contribution in [1.82, 2.24) is 9.36 Å². The van der Waals surface area contributed by atoms with Crippen molar-refractivity contribution in [3.8, 4) is 17.0 Å². The fourth-order valence-electron chi connectivity index (χ4n) is 1.56. The van der Waals surface area contributed by atoms with Crippen molar-refractivity contribution in [1.29, 1.82) is 5.26 Å². The Morgan fingerprint density at radius 3 is 3.00 bits per heavy atom. The minimum Gasteiger partial charge on any atom is -0.428 e. The molecular weight excluding hydrogens is 270 g/mol. The van der Waals surface area contributed by atoms with Crippen LogP contribution in [0.15, 0.2) is 18.2 Å². The lowest BCUT2D eigenvalue weighted by Gasteiger charge is -2.03. The normalized spacial score (nSPS) is 14.2. The summed E-state index contributed by atoms with van der Waals surface area (Å²) in [4.78, 5) is 4.31. The molecule has 0 atom stereocenters. The van der Waals surface area contributed by atoms with Crippen LogP contribution in [0.2, 0.25) is 5.02 Å². The molecule has 0 saturated heterocycles. The molecule has 1 aromatic carbocycles. The SMILES string of the molecule is N#Cc1c(Cl)cccc1Oc1nc(C2CC2)ns1. The van der Waals surface area contributed by atoms with E-state index in [1.165, 1.54) is 11.5 Å². The first-order valence-electron chi connectivity index (χ1n) is 5.48. The Morgan fingerprint density at radius 1 is 1.44 bits per heavy atom. The average Bonchev–Trinajstić information content (AvgIpc) is 3.11. The Balaban J connectivity index is 1.87. The van der Waals surface area contributed by atoms with Crippen molar-refractivity contribution >= 4 is 23.1 Å². The lowest BCUT2D eigenvalue weighted by Crippen LogP contribution is -1.89. The molecule has 0 radical (unpaired) electrons. The van der Waals surface area contributed by atoms with Crippen molar-refractivity contribution in [2.75, 3.05) is 0 Å². The minimum atomic E-state index is 0.322. The van der Waals surface area contributed by atoms with E-state index < -0.39 is 0 Å². The van der Waals surface area contributed by atoms with Crippen molar-refractivity contribution in [2.45, 2.75) is 18.8 Å². The van der Waals surface area contributed by atoms with Gasteiger partial charge in [-0.05, 0) is 25.0 Å². The highest BCUT2D eigenvalue weighted by Gasteiger charge is 2.28. The first-order chi connectivity index (χ1) is 8.78. The van der Waals surface area contributed by atoms with Gasteiger partial charge in [-0.25, -0.2) is 0 Å². The molecule has 0 aliphatic heterocycles. The fourth-order valence-corrected chi connectivity index (χ4v) is 2.39. The van der Waals surface area contributed by atoms with Gasteiger partial charge in [0.05, 0.1) is 5.02 Å². The Bertz CT molecular complexity index is 630. The monoisotopic (exact) mass is 277 g/mol. The Hall–Kier alpha value is -1.64. The van der Waals surface area contributed by atoms with E-state index in [1.54, 1.807) is 18.2 Å². The van der Waals surface area contributed by atoms with Crippen molar-refractivity contribution in [3.63, 3.8) is 0 Å². The van der Waals surface area contributed by atoms with E-state index in [4.69, 9.17) is 21.6 Å². The number of rotatable bonds is 3. The zero-order valence-corrected chi connectivity index (χ0v) is 10.8. The Morgan fingerprint density at radius 2 is 2.28 bits per heavy atom. The number of nitriles is 1. The van der Waals surface area contributed by atoms with Gasteiger partial charge in [-0.3, -0.25) is 0 Å². The molecule has 2 aromatic rings. The molecule has 1 aromatic heterocycles. The van der Waals surface area contributed by atoms with Crippen LogP contribution in [0.3, 0.4) is 0 Å². The fraction of sp³-hybridized carbons (Fsp3) is 0.250. The molecule has 6 heteroatoms. The highest BCUT2D eigenvalue weighted by Crippen LogP contribution is 2.40. The minimum absolute atomic E-state index is 0.322. The first kappa shape index (κ1) is 11.5. The van der Waals surface area contributed by atoms with Crippen LogP contribution in [0.1, 0.15) is 30.1 Å². The van der Waals surface area contributed by atoms with Crippen LogP contribution in [0.5, 0.6) is 10.9 Å². The van der Waals surface area contributed by atoms with Crippen LogP contribution < -0.4 is 4.74 Å². The summed E-state index contributed by atoms with van der Waals surface area (Å²) >= 11 is 7.13. The molecular formula is C12H8ClN3OS. The lowest BCUT2D eigenvalue weighted by molar-refractivity contribution is 0.475. The third-order valence-corrected chi connectivity index (χ3v) is 3.57. The van der Waals surface area contributed by atoms with Crippen LogP contribution in [-0.4, -0.2) is 9.36 Å². The number of aromatic nitrogens is 2. The van der Waals surface area contributed by atoms with E-state index in [0.717, 1.165) is 18.7 Å². The Labute approximate surface area is 113 Å². The third kappa shape index (κ3) is 2.17. The quantitative estimate of drug-likeness (QED) is 0.858. The van der Waals surface area contributed by atoms with Crippen LogP contribution >= 0.6 is 23.1 Å². The summed E-state index contributed by atoms with van der Waals surface area (Å²) in [7, 11) is 0. The molecule has 1 saturated carbocycles. The number of nitrogens with zero attached hydrogens (tertiary/aromatic N) is 3. The number of hydrogen-bond donors (Lipinski definition) is 0. The van der Waals surface area contributed by atoms with E-state index in [0.29, 0.717) is 27.4 Å². The zero-order valence-electron chi connectivity index (χ0n) is 9.26. The number of ether oxygens (including phenoxy) is 1. The van der Waals surface area contributed by atoms with Gasteiger partial charge in [0.15, 0.2) is 0 Å². The summed E-state index contributed by atoms with van der Waals surface area (Å²) in [5, 5.41) is 9.86. The third-order valence-electron chi connectivity index (χ3n) is 2.65. The molecule has 0 amide bonds. The molecule has 0 spiro atoms. The second-order valence-corrected chi connectivity index (χ2v) is 5.14. The van der Waals surface area contributed by atoms with Gasteiger partial charge in [0.1, 0.15) is 23.2 Å². The molecule has 0 unspecified atom stereocenters. The van der Waals surface area contributed by atoms with Gasteiger partial charge in [0.25, 0.3) is 5.19 Å². The summed E-state index contributed by atoms with van der Waals surface area (Å²) in [6, 6.07) is 7.12. The average molecular weight is 278 g/mol. The lowest BCUT2D eigenvalue weighted by atomic mass is 10.2. The number of hydrogen-bond acceptors (Lipinski definition) is 5. The van der Waals surface area contributed by atoms with Gasteiger partial charge in [0.2, 0.25) is 0 Å². The molecule has 1 fully saturated rings. The summed E-state index contributed by atoms with van der Waals surface area (Å²) in [5.41, 5.74) is 0.322. The van der Waals surface area contributed by atoms with E-state index in [1.807, 2.05) is 6.07 Å². The van der Waals surface area contributed by atoms with E-state index in [2.05, 4.69) is 9.36 Å². The second-order valence-electron chi connectivity index (χ2n) is 4.02. The summed E-state index contributed by atoms with van der Waals surface area (Å²) in [6.07, 6.45) is 2.30. The predicted octanol–water partition coefficient (Wildman–Crippen LogP) is 3.73. The van der Waals surface area contributed by atoms with E-state index >= 15 is 0 Å². The number of benzene rings is 1. The van der Waals surface area contributed by atoms with Gasteiger partial charge in [-0.15, -0.1) is 0 Å². The van der Waals surface area contributed by atoms with Gasteiger partial charge in [-0.1, -0.05) is 17.7 Å². The topological polar surface area (TPSA) is 58.8 Å². The zero-order chi connectivity index (χ0) is 12.5. The molecule has 18 heavy (non-hydrogen) atoms. The maximum absolute atomic E-state index is 9.03. The van der Waals surface area contributed by atoms with Gasteiger partial charge in [-0.2, -0.15) is 14.6 Å². The molecule has 0 N–H and O–H groups in total. The summed E-state index contributed by atoms with van der Waals surface area (Å²) in [5.74, 6) is 1.76. The molecule has 1 heterocycles. The molecule has 3 rings (SSSR count). The summed E-state index contributed by atoms with van der Waals surface area (Å²) < 4.78 is 9.82. The highest BCUT2D eigenvalue weighted by molar-refractivity contribution is 7.07. The van der Waals surface area contributed by atoms with E-state index in [-0.39, 0.29) is 0 Å². The maximum atomic E-state index is 9.03. The first-order valence-corrected chi connectivity index (χ1v) is 6.63. The molecule has 90 valence electrons. The Kier molecular flexibility index (Phi) is 2.90. The van der Waals surface area contributed by atoms with Gasteiger partial charge < -0.3 is 4.74 Å². The van der Waals surface area contributed by atoms with Gasteiger partial charge in [0, 0.05) is 17.5 Å². The van der Waals surface area contributed by atoms with Crippen molar-refractivity contribution in [3.05, 3.63) is 34.6 Å². The van der Waals surface area contributed by atoms with Crippen LogP contribution in [-0.2, 0) is 0 Å². The largest absolute Gasteiger partial charge is 0.428 e.